The van der Waals surface area contributed by atoms with E-state index in [1.54, 1.807) is 0 Å². The van der Waals surface area contributed by atoms with Gasteiger partial charge >= 0.3 is 6.03 Å². The van der Waals surface area contributed by atoms with Gasteiger partial charge in [-0.25, -0.2) is 4.79 Å². The third-order valence-corrected chi connectivity index (χ3v) is 5.74. The summed E-state index contributed by atoms with van der Waals surface area (Å²) in [4.78, 5) is 12.1. The number of amides is 2. The highest BCUT2D eigenvalue weighted by Gasteiger charge is 2.44. The number of halogens is 1. The van der Waals surface area contributed by atoms with Crippen molar-refractivity contribution < 1.29 is 9.53 Å². The molecule has 1 saturated carbocycles. The van der Waals surface area contributed by atoms with E-state index in [4.69, 9.17) is 16.3 Å². The van der Waals surface area contributed by atoms with Crippen LogP contribution < -0.4 is 10.6 Å². The summed E-state index contributed by atoms with van der Waals surface area (Å²) < 4.78 is 6.08. The second-order valence-corrected chi connectivity index (χ2v) is 7.14. The molecule has 1 saturated heterocycles. The number of ether oxygens (including phenoxy) is 1. The third-order valence-electron chi connectivity index (χ3n) is 4.57. The Bertz CT molecular complexity index is 485. The van der Waals surface area contributed by atoms with E-state index in [-0.39, 0.29) is 17.5 Å². The molecule has 0 bridgehead atoms. The van der Waals surface area contributed by atoms with E-state index in [9.17, 15) is 4.79 Å². The number of anilines is 1. The quantitative estimate of drug-likeness (QED) is 0.870. The van der Waals surface area contributed by atoms with Crippen molar-refractivity contribution in [3.63, 3.8) is 0 Å². The molecular formula is C14H19ClN2O2S. The molecule has 20 heavy (non-hydrogen) atoms. The molecule has 2 fully saturated rings. The minimum absolute atomic E-state index is 0.150. The predicted octanol–water partition coefficient (Wildman–Crippen LogP) is 3.87. The lowest BCUT2D eigenvalue weighted by Crippen LogP contribution is -2.48. The van der Waals surface area contributed by atoms with Crippen molar-refractivity contribution in [3.05, 3.63) is 15.8 Å². The molecule has 0 unspecified atom stereocenters. The fraction of sp³-hybridized carbons (Fsp3) is 0.643. The Morgan fingerprint density at radius 1 is 1.40 bits per heavy atom. The van der Waals surface area contributed by atoms with Crippen LogP contribution in [0.15, 0.2) is 11.4 Å². The number of urea groups is 1. The molecule has 110 valence electrons. The maximum absolute atomic E-state index is 12.1. The van der Waals surface area contributed by atoms with Gasteiger partial charge in [0, 0.05) is 19.3 Å². The van der Waals surface area contributed by atoms with Crippen molar-refractivity contribution in [2.75, 3.05) is 18.5 Å². The van der Waals surface area contributed by atoms with Crippen molar-refractivity contribution in [1.29, 1.82) is 0 Å². The fourth-order valence-electron chi connectivity index (χ4n) is 3.44. The summed E-state index contributed by atoms with van der Waals surface area (Å²) in [5, 5.41) is 7.85. The smallest absolute Gasteiger partial charge is 0.319 e. The first-order valence-electron chi connectivity index (χ1n) is 7.08. The first kappa shape index (κ1) is 14.2. The van der Waals surface area contributed by atoms with Crippen LogP contribution in [-0.4, -0.2) is 25.3 Å². The average molecular weight is 315 g/mol. The van der Waals surface area contributed by atoms with Gasteiger partial charge < -0.3 is 15.4 Å². The van der Waals surface area contributed by atoms with E-state index in [1.807, 2.05) is 11.4 Å². The van der Waals surface area contributed by atoms with Crippen molar-refractivity contribution in [1.82, 2.24) is 5.32 Å². The van der Waals surface area contributed by atoms with E-state index in [1.165, 1.54) is 24.2 Å². The van der Waals surface area contributed by atoms with Crippen molar-refractivity contribution in [2.45, 2.75) is 38.1 Å². The van der Waals surface area contributed by atoms with Crippen molar-refractivity contribution >= 4 is 34.7 Å². The van der Waals surface area contributed by atoms with E-state index in [2.05, 4.69) is 10.6 Å². The maximum atomic E-state index is 12.1. The fourth-order valence-corrected chi connectivity index (χ4v) is 4.27. The van der Waals surface area contributed by atoms with Crippen LogP contribution in [0.5, 0.6) is 0 Å². The molecule has 4 nitrogen and oxygen atoms in total. The van der Waals surface area contributed by atoms with Crippen LogP contribution in [-0.2, 0) is 4.74 Å². The van der Waals surface area contributed by atoms with Crippen molar-refractivity contribution in [3.8, 4) is 0 Å². The summed E-state index contributed by atoms with van der Waals surface area (Å²) >= 11 is 7.42. The van der Waals surface area contributed by atoms with Crippen LogP contribution in [0.25, 0.3) is 0 Å². The molecule has 1 aromatic rings. The molecule has 2 heterocycles. The van der Waals surface area contributed by atoms with Gasteiger partial charge in [-0.2, -0.15) is 0 Å². The van der Waals surface area contributed by atoms with Gasteiger partial charge in [-0.15, -0.1) is 11.3 Å². The molecule has 0 radical (unpaired) electrons. The monoisotopic (exact) mass is 314 g/mol. The second-order valence-electron chi connectivity index (χ2n) is 5.63. The van der Waals surface area contributed by atoms with E-state index in [0.717, 1.165) is 32.5 Å². The molecule has 2 N–H and O–H groups in total. The minimum Gasteiger partial charge on any atom is -0.381 e. The molecule has 1 atom stereocenters. The highest BCUT2D eigenvalue weighted by molar-refractivity contribution is 7.15. The highest BCUT2D eigenvalue weighted by atomic mass is 35.5. The molecular weight excluding hydrogens is 296 g/mol. The van der Waals surface area contributed by atoms with E-state index >= 15 is 0 Å². The Morgan fingerprint density at radius 2 is 2.20 bits per heavy atom. The third kappa shape index (κ3) is 2.80. The lowest BCUT2D eigenvalue weighted by atomic mass is 9.75. The first-order valence-corrected chi connectivity index (χ1v) is 8.34. The lowest BCUT2D eigenvalue weighted by Gasteiger charge is -2.39. The van der Waals surface area contributed by atoms with E-state index < -0.39 is 0 Å². The Labute approximate surface area is 127 Å². The number of carbonyl (C=O) groups is 1. The SMILES string of the molecule is O=C(Nc1ccsc1Cl)N[C@H]1CCCC12CCOCC2. The van der Waals surface area contributed by atoms with Gasteiger partial charge in [0.15, 0.2) is 0 Å². The van der Waals surface area contributed by atoms with Crippen LogP contribution in [0.3, 0.4) is 0 Å². The molecule has 6 heteroatoms. The van der Waals surface area contributed by atoms with Gasteiger partial charge in [-0.3, -0.25) is 0 Å². The summed E-state index contributed by atoms with van der Waals surface area (Å²) in [5.41, 5.74) is 0.932. The molecule has 0 aromatic carbocycles. The minimum atomic E-state index is -0.150. The van der Waals surface area contributed by atoms with Crippen LogP contribution in [0.1, 0.15) is 32.1 Å². The second kappa shape index (κ2) is 5.92. The highest BCUT2D eigenvalue weighted by Crippen LogP contribution is 2.46. The topological polar surface area (TPSA) is 50.4 Å². The van der Waals surface area contributed by atoms with Gasteiger partial charge in [0.2, 0.25) is 0 Å². The van der Waals surface area contributed by atoms with Crippen LogP contribution >= 0.6 is 22.9 Å². The number of hydrogen-bond acceptors (Lipinski definition) is 3. The number of rotatable bonds is 2. The normalized spacial score (nSPS) is 24.8. The zero-order chi connectivity index (χ0) is 14.0. The Kier molecular flexibility index (Phi) is 4.19. The summed E-state index contributed by atoms with van der Waals surface area (Å²) in [5.74, 6) is 0. The Morgan fingerprint density at radius 3 is 2.90 bits per heavy atom. The first-order chi connectivity index (χ1) is 9.70. The van der Waals surface area contributed by atoms with E-state index in [0.29, 0.717) is 10.0 Å². The molecule has 2 aliphatic rings. The Balaban J connectivity index is 1.62. The van der Waals surface area contributed by atoms with Crippen LogP contribution in [0.4, 0.5) is 10.5 Å². The van der Waals surface area contributed by atoms with Crippen LogP contribution in [0, 0.1) is 5.41 Å². The van der Waals surface area contributed by atoms with Gasteiger partial charge in [-0.1, -0.05) is 18.0 Å². The zero-order valence-electron chi connectivity index (χ0n) is 11.3. The van der Waals surface area contributed by atoms with Gasteiger partial charge in [0.25, 0.3) is 0 Å². The molecule has 3 rings (SSSR count). The maximum Gasteiger partial charge on any atom is 0.319 e. The summed E-state index contributed by atoms with van der Waals surface area (Å²) in [7, 11) is 0. The van der Waals surface area contributed by atoms with Gasteiger partial charge in [-0.05, 0) is 42.5 Å². The van der Waals surface area contributed by atoms with Crippen LogP contribution in [0.2, 0.25) is 4.34 Å². The Hall–Kier alpha value is -0.780. The number of hydrogen-bond donors (Lipinski definition) is 2. The average Bonchev–Trinajstić information content (AvgIpc) is 3.00. The van der Waals surface area contributed by atoms with Crippen molar-refractivity contribution in [2.24, 2.45) is 5.41 Å². The number of nitrogens with one attached hydrogen (secondary N) is 2. The standard InChI is InChI=1S/C14H19ClN2O2S/c15-12-10(3-9-20-12)16-13(18)17-11-2-1-4-14(11)5-7-19-8-6-14/h3,9,11H,1-2,4-8H2,(H2,16,17,18)/t11-/m0/s1. The molecule has 1 aliphatic carbocycles. The largest absolute Gasteiger partial charge is 0.381 e. The molecule has 2 amide bonds. The number of thiophene rings is 1. The summed E-state index contributed by atoms with van der Waals surface area (Å²) in [6, 6.07) is 1.93. The molecule has 1 aromatic heterocycles. The predicted molar refractivity (Wildman–Crippen MR) is 81.6 cm³/mol. The zero-order valence-corrected chi connectivity index (χ0v) is 12.9. The number of carbonyl (C=O) groups excluding carboxylic acids is 1. The molecule has 1 spiro atoms. The summed E-state index contributed by atoms with van der Waals surface area (Å²) in [6.07, 6.45) is 5.55. The molecule has 1 aliphatic heterocycles. The lowest BCUT2D eigenvalue weighted by molar-refractivity contribution is 0.00652. The summed E-state index contributed by atoms with van der Waals surface area (Å²) in [6.45, 7) is 1.63. The van der Waals surface area contributed by atoms with Gasteiger partial charge in [0.1, 0.15) is 4.34 Å². The van der Waals surface area contributed by atoms with Gasteiger partial charge in [0.05, 0.1) is 5.69 Å².